The predicted molar refractivity (Wildman–Crippen MR) is 82.8 cm³/mol. The molecule has 0 heterocycles. The molecule has 0 saturated heterocycles. The van der Waals surface area contributed by atoms with Crippen molar-refractivity contribution in [1.29, 1.82) is 0 Å². The number of hydrogen-bond acceptors (Lipinski definition) is 1. The average Bonchev–Trinajstić information content (AvgIpc) is 2.54. The van der Waals surface area contributed by atoms with E-state index < -0.39 is 11.7 Å². The van der Waals surface area contributed by atoms with Gasteiger partial charge in [-0.2, -0.15) is 13.2 Å². The quantitative estimate of drug-likeness (QED) is 0.862. The molecule has 2 aromatic rings. The SMILES string of the molecule is CCC(C(=O)NCc1cccc(C(F)(F)F)c1)c1ccccc1. The molecule has 0 radical (unpaired) electrons. The van der Waals surface area contributed by atoms with Crippen LogP contribution in [0.4, 0.5) is 13.2 Å². The topological polar surface area (TPSA) is 29.1 Å². The summed E-state index contributed by atoms with van der Waals surface area (Å²) in [6, 6.07) is 14.3. The van der Waals surface area contributed by atoms with Crippen molar-refractivity contribution < 1.29 is 18.0 Å². The number of carbonyl (C=O) groups excluding carboxylic acids is 1. The third-order valence-electron chi connectivity index (χ3n) is 3.65. The second-order valence-corrected chi connectivity index (χ2v) is 5.29. The van der Waals surface area contributed by atoms with Crippen molar-refractivity contribution in [2.45, 2.75) is 32.0 Å². The lowest BCUT2D eigenvalue weighted by Gasteiger charge is -2.16. The zero-order valence-corrected chi connectivity index (χ0v) is 12.7. The Balaban J connectivity index is 2.04. The molecule has 1 amide bonds. The molecule has 0 aliphatic rings. The van der Waals surface area contributed by atoms with E-state index in [1.165, 1.54) is 6.07 Å². The van der Waals surface area contributed by atoms with E-state index in [0.717, 1.165) is 17.7 Å². The summed E-state index contributed by atoms with van der Waals surface area (Å²) in [6.07, 6.45) is -3.76. The summed E-state index contributed by atoms with van der Waals surface area (Å²) in [4.78, 5) is 12.3. The Morgan fingerprint density at radius 3 is 2.39 bits per heavy atom. The van der Waals surface area contributed by atoms with Crippen LogP contribution in [0.2, 0.25) is 0 Å². The average molecular weight is 321 g/mol. The fourth-order valence-electron chi connectivity index (χ4n) is 2.43. The van der Waals surface area contributed by atoms with Crippen LogP contribution in [0.1, 0.15) is 36.0 Å². The molecule has 0 aliphatic heterocycles. The van der Waals surface area contributed by atoms with Gasteiger partial charge in [-0.1, -0.05) is 49.4 Å². The minimum Gasteiger partial charge on any atom is -0.351 e. The fourth-order valence-corrected chi connectivity index (χ4v) is 2.43. The molecule has 1 N–H and O–H groups in total. The van der Waals surface area contributed by atoms with Crippen LogP contribution in [0, 0.1) is 0 Å². The number of benzene rings is 2. The van der Waals surface area contributed by atoms with Gasteiger partial charge in [-0.25, -0.2) is 0 Å². The van der Waals surface area contributed by atoms with Gasteiger partial charge in [0, 0.05) is 6.54 Å². The first-order valence-corrected chi connectivity index (χ1v) is 7.40. The van der Waals surface area contributed by atoms with Crippen LogP contribution < -0.4 is 5.32 Å². The van der Waals surface area contributed by atoms with Crippen LogP contribution in [0.15, 0.2) is 54.6 Å². The van der Waals surface area contributed by atoms with Gasteiger partial charge in [0.25, 0.3) is 0 Å². The van der Waals surface area contributed by atoms with Gasteiger partial charge in [0.05, 0.1) is 11.5 Å². The molecular weight excluding hydrogens is 303 g/mol. The first kappa shape index (κ1) is 17.1. The van der Waals surface area contributed by atoms with Crippen molar-refractivity contribution in [3.8, 4) is 0 Å². The van der Waals surface area contributed by atoms with Gasteiger partial charge in [0.15, 0.2) is 0 Å². The van der Waals surface area contributed by atoms with Crippen molar-refractivity contribution >= 4 is 5.91 Å². The van der Waals surface area contributed by atoms with E-state index in [9.17, 15) is 18.0 Å². The van der Waals surface area contributed by atoms with Gasteiger partial charge >= 0.3 is 6.18 Å². The van der Waals surface area contributed by atoms with Gasteiger partial charge in [-0.3, -0.25) is 4.79 Å². The Labute approximate surface area is 133 Å². The number of alkyl halides is 3. The Hall–Kier alpha value is -2.30. The van der Waals surface area contributed by atoms with Gasteiger partial charge in [-0.05, 0) is 29.7 Å². The molecule has 0 fully saturated rings. The summed E-state index contributed by atoms with van der Waals surface area (Å²) >= 11 is 0. The standard InChI is InChI=1S/C18H18F3NO/c1-2-16(14-8-4-3-5-9-14)17(23)22-12-13-7-6-10-15(11-13)18(19,20)21/h3-11,16H,2,12H2,1H3,(H,22,23). The summed E-state index contributed by atoms with van der Waals surface area (Å²) in [5.74, 6) is -0.488. The van der Waals surface area contributed by atoms with E-state index in [1.54, 1.807) is 6.07 Å². The number of hydrogen-bond donors (Lipinski definition) is 1. The molecule has 2 rings (SSSR count). The highest BCUT2D eigenvalue weighted by molar-refractivity contribution is 5.83. The second-order valence-electron chi connectivity index (χ2n) is 5.29. The summed E-state index contributed by atoms with van der Waals surface area (Å²) in [6.45, 7) is 1.98. The molecule has 1 atom stereocenters. The highest BCUT2D eigenvalue weighted by Crippen LogP contribution is 2.29. The molecule has 1 unspecified atom stereocenters. The van der Waals surface area contributed by atoms with Crippen LogP contribution in [0.5, 0.6) is 0 Å². The maximum absolute atomic E-state index is 12.7. The molecule has 5 heteroatoms. The Morgan fingerprint density at radius 1 is 1.09 bits per heavy atom. The first-order chi connectivity index (χ1) is 10.9. The number of amides is 1. The van der Waals surface area contributed by atoms with Gasteiger partial charge in [0.2, 0.25) is 5.91 Å². The van der Waals surface area contributed by atoms with Gasteiger partial charge in [0.1, 0.15) is 0 Å². The maximum Gasteiger partial charge on any atom is 0.416 e. The van der Waals surface area contributed by atoms with E-state index in [1.807, 2.05) is 37.3 Å². The Bertz CT molecular complexity index is 653. The smallest absolute Gasteiger partial charge is 0.351 e. The van der Waals surface area contributed by atoms with Crippen LogP contribution >= 0.6 is 0 Å². The lowest BCUT2D eigenvalue weighted by molar-refractivity contribution is -0.137. The Kier molecular flexibility index (Phi) is 5.42. The van der Waals surface area contributed by atoms with Crippen LogP contribution in [0.3, 0.4) is 0 Å². The van der Waals surface area contributed by atoms with Crippen molar-refractivity contribution in [1.82, 2.24) is 5.32 Å². The molecule has 0 saturated carbocycles. The van der Waals surface area contributed by atoms with Crippen molar-refractivity contribution in [2.24, 2.45) is 0 Å². The van der Waals surface area contributed by atoms with Crippen molar-refractivity contribution in [2.75, 3.05) is 0 Å². The molecule has 0 aliphatic carbocycles. The molecule has 0 aromatic heterocycles. The lowest BCUT2D eigenvalue weighted by Crippen LogP contribution is -2.28. The summed E-state index contributed by atoms with van der Waals surface area (Å²) in [7, 11) is 0. The second kappa shape index (κ2) is 7.31. The number of carbonyl (C=O) groups is 1. The summed E-state index contributed by atoms with van der Waals surface area (Å²) < 4.78 is 38.1. The zero-order valence-electron chi connectivity index (χ0n) is 12.7. The molecule has 2 aromatic carbocycles. The van der Waals surface area contributed by atoms with E-state index in [2.05, 4.69) is 5.32 Å². The van der Waals surface area contributed by atoms with Crippen molar-refractivity contribution in [3.63, 3.8) is 0 Å². The molecule has 0 spiro atoms. The predicted octanol–water partition coefficient (Wildman–Crippen LogP) is 4.52. The van der Waals surface area contributed by atoms with Crippen LogP contribution in [-0.4, -0.2) is 5.91 Å². The summed E-state index contributed by atoms with van der Waals surface area (Å²) in [5.41, 5.74) is 0.618. The first-order valence-electron chi connectivity index (χ1n) is 7.40. The maximum atomic E-state index is 12.7. The largest absolute Gasteiger partial charge is 0.416 e. The molecule has 23 heavy (non-hydrogen) atoms. The van der Waals surface area contributed by atoms with Crippen LogP contribution in [0.25, 0.3) is 0 Å². The molecule has 122 valence electrons. The van der Waals surface area contributed by atoms with E-state index >= 15 is 0 Å². The molecule has 2 nitrogen and oxygen atoms in total. The van der Waals surface area contributed by atoms with Gasteiger partial charge in [-0.15, -0.1) is 0 Å². The normalized spacial score (nSPS) is 12.7. The highest BCUT2D eigenvalue weighted by atomic mass is 19.4. The van der Waals surface area contributed by atoms with Gasteiger partial charge < -0.3 is 5.32 Å². The number of rotatable bonds is 5. The minimum absolute atomic E-state index is 0.0755. The molecule has 0 bridgehead atoms. The van der Waals surface area contributed by atoms with E-state index in [4.69, 9.17) is 0 Å². The van der Waals surface area contributed by atoms with Crippen LogP contribution in [-0.2, 0) is 17.5 Å². The lowest BCUT2D eigenvalue weighted by atomic mass is 9.95. The highest BCUT2D eigenvalue weighted by Gasteiger charge is 2.30. The third-order valence-corrected chi connectivity index (χ3v) is 3.65. The van der Waals surface area contributed by atoms with E-state index in [-0.39, 0.29) is 18.4 Å². The Morgan fingerprint density at radius 2 is 1.78 bits per heavy atom. The van der Waals surface area contributed by atoms with E-state index in [0.29, 0.717) is 12.0 Å². The fraction of sp³-hybridized carbons (Fsp3) is 0.278. The monoisotopic (exact) mass is 321 g/mol. The number of nitrogens with one attached hydrogen (secondary N) is 1. The zero-order chi connectivity index (χ0) is 16.9. The summed E-state index contributed by atoms with van der Waals surface area (Å²) in [5, 5.41) is 2.72. The molecular formula is C18H18F3NO. The third kappa shape index (κ3) is 4.58. The van der Waals surface area contributed by atoms with Crippen molar-refractivity contribution in [3.05, 3.63) is 71.3 Å². The number of halogens is 3. The minimum atomic E-state index is -4.38.